The second-order valence-corrected chi connectivity index (χ2v) is 8.97. The van der Waals surface area contributed by atoms with Gasteiger partial charge >= 0.3 is 10.1 Å². The molecule has 0 aliphatic heterocycles. The van der Waals surface area contributed by atoms with Crippen LogP contribution in [-0.2, 0) is 14.9 Å². The largest absolute Gasteiger partial charge is 0.382 e. The molecule has 1 amide bonds. The quantitative estimate of drug-likeness (QED) is 0.542. The first kappa shape index (κ1) is 19.4. The molecule has 1 aliphatic carbocycles. The Hall–Kier alpha value is -2.87. The lowest BCUT2D eigenvalue weighted by Crippen LogP contribution is -2.14. The van der Waals surface area contributed by atoms with Crippen molar-refractivity contribution in [1.29, 1.82) is 0 Å². The molecule has 0 atom stereocenters. The number of unbranched alkanes of at least 4 members (excludes halogenated alkanes) is 1. The third-order valence-corrected chi connectivity index (χ3v) is 6.10. The van der Waals surface area contributed by atoms with Crippen molar-refractivity contribution in [1.82, 2.24) is 9.97 Å². The van der Waals surface area contributed by atoms with Crippen LogP contribution in [0.25, 0.3) is 22.2 Å². The molecule has 0 bridgehead atoms. The van der Waals surface area contributed by atoms with Crippen LogP contribution in [0.1, 0.15) is 32.6 Å². The molecule has 2 aromatic heterocycles. The number of H-pyrrole nitrogens is 1. The van der Waals surface area contributed by atoms with Gasteiger partial charge in [0.2, 0.25) is 5.91 Å². The lowest BCUT2D eigenvalue weighted by molar-refractivity contribution is -0.117. The molecule has 8 heteroatoms. The smallest absolute Gasteiger partial charge is 0.309 e. The summed E-state index contributed by atoms with van der Waals surface area (Å²) >= 11 is 0. The number of hydrogen-bond acceptors (Lipinski definition) is 5. The van der Waals surface area contributed by atoms with Crippen LogP contribution in [0.4, 0.5) is 5.82 Å². The van der Waals surface area contributed by atoms with Gasteiger partial charge in [-0.15, -0.1) is 0 Å². The first-order valence-corrected chi connectivity index (χ1v) is 11.3. The summed E-state index contributed by atoms with van der Waals surface area (Å²) in [6, 6.07) is 10.6. The number of anilines is 1. The number of rotatable bonds is 8. The molecular weight excluding hydrogens is 390 g/mol. The van der Waals surface area contributed by atoms with Crippen molar-refractivity contribution < 1.29 is 17.4 Å². The minimum atomic E-state index is -3.58. The topological polar surface area (TPSA) is 101 Å². The second-order valence-electron chi connectivity index (χ2n) is 7.28. The van der Waals surface area contributed by atoms with E-state index in [1.165, 1.54) is 0 Å². The molecule has 152 valence electrons. The predicted octanol–water partition coefficient (Wildman–Crippen LogP) is 4.09. The van der Waals surface area contributed by atoms with E-state index in [-0.39, 0.29) is 23.3 Å². The predicted molar refractivity (Wildman–Crippen MR) is 112 cm³/mol. The number of aromatic amines is 1. The molecule has 3 aromatic rings. The Morgan fingerprint density at radius 2 is 2.00 bits per heavy atom. The van der Waals surface area contributed by atoms with Crippen LogP contribution in [0.15, 0.2) is 42.6 Å². The van der Waals surface area contributed by atoms with Gasteiger partial charge in [0.1, 0.15) is 17.2 Å². The molecule has 0 unspecified atom stereocenters. The van der Waals surface area contributed by atoms with Crippen molar-refractivity contribution in [2.45, 2.75) is 32.6 Å². The Kier molecular flexibility index (Phi) is 5.27. The van der Waals surface area contributed by atoms with Crippen LogP contribution in [0.5, 0.6) is 5.75 Å². The number of carbonyl (C=O) groups excluding carboxylic acids is 1. The summed E-state index contributed by atoms with van der Waals surface area (Å²) in [4.78, 5) is 19.7. The minimum Gasteiger partial charge on any atom is -0.382 e. The highest BCUT2D eigenvalue weighted by molar-refractivity contribution is 7.87. The highest BCUT2D eigenvalue weighted by Gasteiger charge is 2.30. The van der Waals surface area contributed by atoms with Crippen LogP contribution in [0.3, 0.4) is 0 Å². The second kappa shape index (κ2) is 7.87. The van der Waals surface area contributed by atoms with Crippen molar-refractivity contribution >= 4 is 32.9 Å². The van der Waals surface area contributed by atoms with Gasteiger partial charge in [0.25, 0.3) is 0 Å². The van der Waals surface area contributed by atoms with Gasteiger partial charge in [0, 0.05) is 17.5 Å². The van der Waals surface area contributed by atoms with Crippen LogP contribution >= 0.6 is 0 Å². The fourth-order valence-electron chi connectivity index (χ4n) is 3.11. The molecule has 0 radical (unpaired) electrons. The van der Waals surface area contributed by atoms with E-state index in [1.807, 2.05) is 19.1 Å². The summed E-state index contributed by atoms with van der Waals surface area (Å²) in [5.41, 5.74) is 2.44. The SMILES string of the molecule is CCCCS(=O)(=O)Oc1ccc(-c2cc(NC(=O)C3CC3)nc3[nH]ccc23)cc1. The molecule has 2 heterocycles. The van der Waals surface area contributed by atoms with Gasteiger partial charge in [-0.1, -0.05) is 25.5 Å². The van der Waals surface area contributed by atoms with Crippen molar-refractivity contribution in [2.24, 2.45) is 5.92 Å². The number of pyridine rings is 1. The van der Waals surface area contributed by atoms with E-state index in [4.69, 9.17) is 4.18 Å². The van der Waals surface area contributed by atoms with Gasteiger partial charge in [-0.05, 0) is 54.7 Å². The van der Waals surface area contributed by atoms with Crippen molar-refractivity contribution in [2.75, 3.05) is 11.1 Å². The molecule has 0 saturated heterocycles. The highest BCUT2D eigenvalue weighted by Crippen LogP contribution is 2.33. The zero-order valence-electron chi connectivity index (χ0n) is 16.1. The Morgan fingerprint density at radius 1 is 1.24 bits per heavy atom. The zero-order chi connectivity index (χ0) is 20.4. The van der Waals surface area contributed by atoms with Crippen LogP contribution < -0.4 is 9.50 Å². The van der Waals surface area contributed by atoms with E-state index >= 15 is 0 Å². The Morgan fingerprint density at radius 3 is 2.69 bits per heavy atom. The monoisotopic (exact) mass is 413 g/mol. The Balaban J connectivity index is 1.60. The molecule has 0 spiro atoms. The average Bonchev–Trinajstić information content (AvgIpc) is 3.44. The minimum absolute atomic E-state index is 0.00360. The van der Waals surface area contributed by atoms with Gasteiger partial charge in [-0.25, -0.2) is 4.98 Å². The van der Waals surface area contributed by atoms with E-state index in [0.717, 1.165) is 35.8 Å². The molecule has 1 saturated carbocycles. The third kappa shape index (κ3) is 4.59. The summed E-state index contributed by atoms with van der Waals surface area (Å²) < 4.78 is 29.1. The van der Waals surface area contributed by atoms with Crippen molar-refractivity contribution in [3.05, 3.63) is 42.6 Å². The standard InChI is InChI=1S/C21H23N3O4S/c1-2-3-12-29(26,27)28-16-8-6-14(7-9-16)18-13-19(24-21(25)15-4-5-15)23-20-17(18)10-11-22-20/h6-11,13,15H,2-5,12H2,1H3,(H2,22,23,24,25). The lowest BCUT2D eigenvalue weighted by Gasteiger charge is -2.10. The normalized spacial score (nSPS) is 14.1. The molecule has 1 aliphatic rings. The fourth-order valence-corrected chi connectivity index (χ4v) is 4.24. The average molecular weight is 413 g/mol. The van der Waals surface area contributed by atoms with Gasteiger partial charge in [0.15, 0.2) is 0 Å². The molecule has 1 fully saturated rings. The number of hydrogen-bond donors (Lipinski definition) is 2. The number of aromatic nitrogens is 2. The molecule has 7 nitrogen and oxygen atoms in total. The number of nitrogens with one attached hydrogen (secondary N) is 2. The Labute approximate surface area is 169 Å². The van der Waals surface area contributed by atoms with Gasteiger partial charge < -0.3 is 14.5 Å². The Bertz CT molecular complexity index is 1130. The number of nitrogens with zero attached hydrogens (tertiary/aromatic N) is 1. The van der Waals surface area contributed by atoms with Gasteiger partial charge in [0.05, 0.1) is 5.75 Å². The lowest BCUT2D eigenvalue weighted by atomic mass is 10.0. The fraction of sp³-hybridized carbons (Fsp3) is 0.333. The van der Waals surface area contributed by atoms with Crippen LogP contribution in [0.2, 0.25) is 0 Å². The number of benzene rings is 1. The maximum Gasteiger partial charge on any atom is 0.309 e. The molecular formula is C21H23N3O4S. The first-order chi connectivity index (χ1) is 13.9. The zero-order valence-corrected chi connectivity index (χ0v) is 17.0. The first-order valence-electron chi connectivity index (χ1n) is 9.77. The van der Waals surface area contributed by atoms with Gasteiger partial charge in [-0.3, -0.25) is 4.79 Å². The van der Waals surface area contributed by atoms with Crippen LogP contribution in [-0.4, -0.2) is 30.0 Å². The van der Waals surface area contributed by atoms with E-state index in [9.17, 15) is 13.2 Å². The molecule has 1 aromatic carbocycles. The van der Waals surface area contributed by atoms with Crippen molar-refractivity contribution in [3.63, 3.8) is 0 Å². The number of amides is 1. The van der Waals surface area contributed by atoms with E-state index in [1.54, 1.807) is 30.5 Å². The van der Waals surface area contributed by atoms with Gasteiger partial charge in [-0.2, -0.15) is 8.42 Å². The van der Waals surface area contributed by atoms with E-state index in [2.05, 4.69) is 15.3 Å². The maximum atomic E-state index is 12.1. The summed E-state index contributed by atoms with van der Waals surface area (Å²) in [5, 5.41) is 3.80. The summed E-state index contributed by atoms with van der Waals surface area (Å²) in [6.45, 7) is 1.93. The number of fused-ring (bicyclic) bond motifs is 1. The van der Waals surface area contributed by atoms with Crippen molar-refractivity contribution in [3.8, 4) is 16.9 Å². The summed E-state index contributed by atoms with van der Waals surface area (Å²) in [7, 11) is -3.58. The third-order valence-electron chi connectivity index (χ3n) is 4.86. The number of carbonyl (C=O) groups is 1. The highest BCUT2D eigenvalue weighted by atomic mass is 32.2. The maximum absolute atomic E-state index is 12.1. The van der Waals surface area contributed by atoms with Crippen LogP contribution in [0, 0.1) is 5.92 Å². The van der Waals surface area contributed by atoms with E-state index in [0.29, 0.717) is 17.9 Å². The molecule has 4 rings (SSSR count). The van der Waals surface area contributed by atoms with E-state index < -0.39 is 10.1 Å². The summed E-state index contributed by atoms with van der Waals surface area (Å²) in [6.07, 6.45) is 5.00. The molecule has 29 heavy (non-hydrogen) atoms. The molecule has 2 N–H and O–H groups in total. The summed E-state index contributed by atoms with van der Waals surface area (Å²) in [5.74, 6) is 0.866.